The Balaban J connectivity index is 1.79. The van der Waals surface area contributed by atoms with Gasteiger partial charge in [-0.2, -0.15) is 11.8 Å². The highest BCUT2D eigenvalue weighted by Crippen LogP contribution is 2.39. The lowest BCUT2D eigenvalue weighted by atomic mass is 10.1. The highest BCUT2D eigenvalue weighted by molar-refractivity contribution is 8.00. The van der Waals surface area contributed by atoms with E-state index in [9.17, 15) is 9.59 Å². The van der Waals surface area contributed by atoms with Crippen molar-refractivity contribution in [2.75, 3.05) is 25.9 Å². The molecule has 0 radical (unpaired) electrons. The topological polar surface area (TPSA) is 70.2 Å². The molecule has 18 heavy (non-hydrogen) atoms. The Labute approximate surface area is 112 Å². The molecule has 2 amide bonds. The van der Waals surface area contributed by atoms with E-state index in [4.69, 9.17) is 0 Å². The number of thioether (sulfide) groups is 1. The molecule has 2 fully saturated rings. The number of carbonyl (C=O) groups excluding carboxylic acids is 2. The first-order chi connectivity index (χ1) is 8.65. The first kappa shape index (κ1) is 13.7. The van der Waals surface area contributed by atoms with Crippen molar-refractivity contribution in [3.05, 3.63) is 0 Å². The Morgan fingerprint density at radius 1 is 1.50 bits per heavy atom. The van der Waals surface area contributed by atoms with Crippen LogP contribution in [0.2, 0.25) is 0 Å². The van der Waals surface area contributed by atoms with E-state index >= 15 is 0 Å². The highest BCUT2D eigenvalue weighted by Gasteiger charge is 2.34. The van der Waals surface area contributed by atoms with Gasteiger partial charge in [0.15, 0.2) is 0 Å². The lowest BCUT2D eigenvalue weighted by Gasteiger charge is -2.29. The third-order valence-corrected chi connectivity index (χ3v) is 5.28. The Kier molecular flexibility index (Phi) is 4.50. The van der Waals surface area contributed by atoms with Crippen LogP contribution in [-0.4, -0.2) is 48.5 Å². The van der Waals surface area contributed by atoms with Gasteiger partial charge < -0.3 is 10.6 Å². The summed E-state index contributed by atoms with van der Waals surface area (Å²) in [4.78, 5) is 23.0. The molecule has 0 aromatic rings. The summed E-state index contributed by atoms with van der Waals surface area (Å²) in [6, 6.07) is -0.289. The molecular formula is C12H21N3O2S. The van der Waals surface area contributed by atoms with Gasteiger partial charge in [0.2, 0.25) is 11.8 Å². The maximum atomic E-state index is 12.0. The molecule has 5 nitrogen and oxygen atoms in total. The third-order valence-electron chi connectivity index (χ3n) is 3.86. The van der Waals surface area contributed by atoms with Crippen molar-refractivity contribution in [1.29, 1.82) is 0 Å². The summed E-state index contributed by atoms with van der Waals surface area (Å²) in [5.74, 6) is -0.0502. The summed E-state index contributed by atoms with van der Waals surface area (Å²) in [5.41, 5.74) is 0. The fourth-order valence-electron chi connectivity index (χ4n) is 2.60. The molecule has 1 atom stereocenters. The van der Waals surface area contributed by atoms with E-state index in [1.54, 1.807) is 0 Å². The summed E-state index contributed by atoms with van der Waals surface area (Å²) < 4.78 is 0.230. The maximum absolute atomic E-state index is 12.0. The molecule has 1 heterocycles. The second-order valence-corrected chi connectivity index (χ2v) is 6.32. The van der Waals surface area contributed by atoms with Crippen LogP contribution in [0.3, 0.4) is 0 Å². The molecule has 1 aliphatic carbocycles. The largest absolute Gasteiger partial charge is 0.353 e. The van der Waals surface area contributed by atoms with E-state index in [1.165, 1.54) is 25.7 Å². The van der Waals surface area contributed by atoms with Crippen molar-refractivity contribution >= 4 is 23.6 Å². The van der Waals surface area contributed by atoms with Crippen LogP contribution in [0.15, 0.2) is 0 Å². The van der Waals surface area contributed by atoms with E-state index < -0.39 is 0 Å². The van der Waals surface area contributed by atoms with Crippen molar-refractivity contribution in [3.63, 3.8) is 0 Å². The number of nitrogens with one attached hydrogen (secondary N) is 3. The molecule has 2 rings (SSSR count). The number of hydrogen-bond acceptors (Lipinski definition) is 4. The fraction of sp³-hybridized carbons (Fsp3) is 0.833. The van der Waals surface area contributed by atoms with E-state index in [0.29, 0.717) is 6.54 Å². The van der Waals surface area contributed by atoms with Crippen LogP contribution in [0.25, 0.3) is 0 Å². The average Bonchev–Trinajstić information content (AvgIpc) is 2.86. The van der Waals surface area contributed by atoms with E-state index in [2.05, 4.69) is 22.2 Å². The molecule has 1 aliphatic heterocycles. The van der Waals surface area contributed by atoms with Crippen LogP contribution in [0.1, 0.15) is 25.7 Å². The van der Waals surface area contributed by atoms with Crippen LogP contribution in [0.4, 0.5) is 0 Å². The van der Waals surface area contributed by atoms with E-state index in [0.717, 1.165) is 6.54 Å². The van der Waals surface area contributed by atoms with Crippen molar-refractivity contribution in [2.45, 2.75) is 36.5 Å². The second-order valence-electron chi connectivity index (χ2n) is 5.05. The molecule has 0 spiro atoms. The number of piperazine rings is 1. The van der Waals surface area contributed by atoms with Crippen molar-refractivity contribution < 1.29 is 9.59 Å². The van der Waals surface area contributed by atoms with Crippen LogP contribution >= 0.6 is 11.8 Å². The van der Waals surface area contributed by atoms with Crippen LogP contribution in [0, 0.1) is 0 Å². The number of amides is 2. The SMILES string of the molecule is CSC1(CNC(=O)C2CNC(=O)CN2)CCCC1. The number of carbonyl (C=O) groups is 2. The molecule has 102 valence electrons. The zero-order chi connectivity index (χ0) is 13.0. The summed E-state index contributed by atoms with van der Waals surface area (Å²) in [7, 11) is 0. The van der Waals surface area contributed by atoms with Gasteiger partial charge >= 0.3 is 0 Å². The molecule has 0 bridgehead atoms. The second kappa shape index (κ2) is 5.93. The van der Waals surface area contributed by atoms with Gasteiger partial charge in [-0.05, 0) is 19.1 Å². The minimum atomic E-state index is -0.289. The molecule has 1 unspecified atom stereocenters. The normalized spacial score (nSPS) is 26.7. The molecule has 3 N–H and O–H groups in total. The smallest absolute Gasteiger partial charge is 0.239 e. The van der Waals surface area contributed by atoms with Gasteiger partial charge in [0.1, 0.15) is 6.04 Å². The average molecular weight is 271 g/mol. The standard InChI is InChI=1S/C12H21N3O2S/c1-18-12(4-2-3-5-12)8-15-11(17)9-6-14-10(16)7-13-9/h9,13H,2-8H2,1H3,(H,14,16)(H,15,17). The van der Waals surface area contributed by atoms with E-state index in [-0.39, 0.29) is 29.1 Å². The minimum Gasteiger partial charge on any atom is -0.353 e. The predicted octanol–water partition coefficient (Wildman–Crippen LogP) is -0.134. The van der Waals surface area contributed by atoms with Crippen LogP contribution < -0.4 is 16.0 Å². The molecule has 0 aromatic heterocycles. The monoisotopic (exact) mass is 271 g/mol. The highest BCUT2D eigenvalue weighted by atomic mass is 32.2. The van der Waals surface area contributed by atoms with Gasteiger partial charge in [0.25, 0.3) is 0 Å². The zero-order valence-corrected chi connectivity index (χ0v) is 11.6. The number of rotatable bonds is 4. The van der Waals surface area contributed by atoms with Gasteiger partial charge in [0.05, 0.1) is 6.54 Å². The van der Waals surface area contributed by atoms with Crippen LogP contribution in [0.5, 0.6) is 0 Å². The number of hydrogen-bond donors (Lipinski definition) is 3. The van der Waals surface area contributed by atoms with E-state index in [1.807, 2.05) is 11.8 Å². The minimum absolute atomic E-state index is 0.00433. The lowest BCUT2D eigenvalue weighted by molar-refractivity contribution is -0.126. The fourth-order valence-corrected chi connectivity index (χ4v) is 3.51. The molecular weight excluding hydrogens is 250 g/mol. The van der Waals surface area contributed by atoms with Gasteiger partial charge in [0, 0.05) is 17.8 Å². The quantitative estimate of drug-likeness (QED) is 0.666. The molecule has 0 aromatic carbocycles. The third kappa shape index (κ3) is 3.17. The molecule has 2 aliphatic rings. The maximum Gasteiger partial charge on any atom is 0.239 e. The van der Waals surface area contributed by atoms with Gasteiger partial charge in [-0.3, -0.25) is 14.9 Å². The summed E-state index contributed by atoms with van der Waals surface area (Å²) >= 11 is 1.86. The van der Waals surface area contributed by atoms with Crippen molar-refractivity contribution in [1.82, 2.24) is 16.0 Å². The Morgan fingerprint density at radius 3 is 2.78 bits per heavy atom. The van der Waals surface area contributed by atoms with Gasteiger partial charge in [-0.25, -0.2) is 0 Å². The van der Waals surface area contributed by atoms with Gasteiger partial charge in [-0.1, -0.05) is 12.8 Å². The summed E-state index contributed by atoms with van der Waals surface area (Å²) in [6.45, 7) is 1.35. The first-order valence-corrected chi connectivity index (χ1v) is 7.71. The summed E-state index contributed by atoms with van der Waals surface area (Å²) in [6.07, 6.45) is 7.01. The zero-order valence-electron chi connectivity index (χ0n) is 10.8. The van der Waals surface area contributed by atoms with Gasteiger partial charge in [-0.15, -0.1) is 0 Å². The Morgan fingerprint density at radius 2 is 2.22 bits per heavy atom. The summed E-state index contributed by atoms with van der Waals surface area (Å²) in [5, 5.41) is 8.67. The first-order valence-electron chi connectivity index (χ1n) is 6.48. The Bertz CT molecular complexity index is 319. The predicted molar refractivity (Wildman–Crippen MR) is 72.5 cm³/mol. The van der Waals surface area contributed by atoms with Crippen LogP contribution in [-0.2, 0) is 9.59 Å². The molecule has 1 saturated carbocycles. The van der Waals surface area contributed by atoms with Crippen molar-refractivity contribution in [3.8, 4) is 0 Å². The molecule has 1 saturated heterocycles. The molecule has 6 heteroatoms. The van der Waals surface area contributed by atoms with Crippen molar-refractivity contribution in [2.24, 2.45) is 0 Å². The Hall–Kier alpha value is -0.750. The lowest BCUT2D eigenvalue weighted by Crippen LogP contribution is -2.58.